The van der Waals surface area contributed by atoms with Gasteiger partial charge < -0.3 is 10.1 Å². The zero-order valence-corrected chi connectivity index (χ0v) is 17.5. The Morgan fingerprint density at radius 1 is 0.903 bits per heavy atom. The van der Waals surface area contributed by atoms with Crippen molar-refractivity contribution < 1.29 is 13.2 Å². The third kappa shape index (κ3) is 4.88. The molecule has 1 heterocycles. The molecule has 3 N–H and O–H groups in total. The largest absolute Gasteiger partial charge is 0.497 e. The minimum Gasteiger partial charge on any atom is -0.497 e. The van der Waals surface area contributed by atoms with Gasteiger partial charge in [-0.15, -0.1) is 0 Å². The molecular weight excluding hydrogens is 412 g/mol. The van der Waals surface area contributed by atoms with Gasteiger partial charge in [0.05, 0.1) is 17.5 Å². The van der Waals surface area contributed by atoms with Crippen molar-refractivity contribution in [2.75, 3.05) is 12.4 Å². The van der Waals surface area contributed by atoms with Gasteiger partial charge in [-0.25, -0.2) is 23.5 Å². The monoisotopic (exact) mass is 432 g/mol. The van der Waals surface area contributed by atoms with Gasteiger partial charge in [0, 0.05) is 11.1 Å². The fraction of sp³-hybridized carbons (Fsp3) is 0.0435. The highest BCUT2D eigenvalue weighted by Crippen LogP contribution is 2.25. The zero-order chi connectivity index (χ0) is 21.8. The van der Waals surface area contributed by atoms with E-state index in [2.05, 4.69) is 15.3 Å². The van der Waals surface area contributed by atoms with Crippen LogP contribution in [0.15, 0.2) is 77.7 Å². The Balaban J connectivity index is 1.67. The summed E-state index contributed by atoms with van der Waals surface area (Å²) in [5.41, 5.74) is 2.46. The van der Waals surface area contributed by atoms with Crippen molar-refractivity contribution in [1.82, 2.24) is 9.97 Å². The van der Waals surface area contributed by atoms with Gasteiger partial charge in [-0.1, -0.05) is 30.3 Å². The maximum atomic E-state index is 11.5. The van der Waals surface area contributed by atoms with Crippen LogP contribution in [0.4, 0.5) is 11.5 Å². The molecule has 31 heavy (non-hydrogen) atoms. The van der Waals surface area contributed by atoms with Crippen molar-refractivity contribution in [2.24, 2.45) is 5.14 Å². The van der Waals surface area contributed by atoms with Crippen LogP contribution in [0.25, 0.3) is 23.1 Å². The molecule has 4 rings (SSSR count). The molecule has 0 spiro atoms. The van der Waals surface area contributed by atoms with Crippen LogP contribution >= 0.6 is 0 Å². The van der Waals surface area contributed by atoms with Crippen LogP contribution in [0.5, 0.6) is 5.75 Å². The van der Waals surface area contributed by atoms with E-state index in [4.69, 9.17) is 9.88 Å². The third-order valence-corrected chi connectivity index (χ3v) is 5.54. The molecule has 7 nitrogen and oxygen atoms in total. The molecule has 8 heteroatoms. The fourth-order valence-electron chi connectivity index (χ4n) is 3.01. The fourth-order valence-corrected chi connectivity index (χ4v) is 3.53. The van der Waals surface area contributed by atoms with E-state index in [1.165, 1.54) is 12.1 Å². The van der Waals surface area contributed by atoms with Gasteiger partial charge in [0.1, 0.15) is 11.6 Å². The maximum Gasteiger partial charge on any atom is 0.238 e. The van der Waals surface area contributed by atoms with Crippen LogP contribution in [0, 0.1) is 0 Å². The molecule has 0 radical (unpaired) electrons. The minimum absolute atomic E-state index is 0.0497. The molecule has 156 valence electrons. The Bertz CT molecular complexity index is 1350. The number of hydrogen-bond acceptors (Lipinski definition) is 6. The number of aromatic nitrogens is 2. The third-order valence-electron chi connectivity index (χ3n) is 4.61. The van der Waals surface area contributed by atoms with Crippen molar-refractivity contribution in [2.45, 2.75) is 4.90 Å². The second kappa shape index (κ2) is 8.55. The number of sulfonamides is 1. The molecule has 0 unspecified atom stereocenters. The van der Waals surface area contributed by atoms with E-state index in [1.807, 2.05) is 60.7 Å². The predicted octanol–water partition coefficient (Wildman–Crippen LogP) is 4.20. The van der Waals surface area contributed by atoms with Crippen LogP contribution in [-0.2, 0) is 10.0 Å². The van der Waals surface area contributed by atoms with Gasteiger partial charge in [0.2, 0.25) is 10.0 Å². The highest BCUT2D eigenvalue weighted by molar-refractivity contribution is 7.89. The van der Waals surface area contributed by atoms with E-state index >= 15 is 0 Å². The Morgan fingerprint density at radius 3 is 2.29 bits per heavy atom. The van der Waals surface area contributed by atoms with Crippen LogP contribution in [0.1, 0.15) is 11.4 Å². The molecular formula is C23H20N4O3S. The average molecular weight is 433 g/mol. The molecule has 0 aliphatic heterocycles. The van der Waals surface area contributed by atoms with Crippen molar-refractivity contribution in [3.8, 4) is 5.75 Å². The van der Waals surface area contributed by atoms with Gasteiger partial charge in [0.25, 0.3) is 0 Å². The molecule has 0 aliphatic rings. The number of nitrogens with two attached hydrogens (primary N) is 1. The summed E-state index contributed by atoms with van der Waals surface area (Å²) in [5.74, 6) is 1.94. The van der Waals surface area contributed by atoms with Gasteiger partial charge in [-0.2, -0.15) is 0 Å². The van der Waals surface area contributed by atoms with Gasteiger partial charge in [-0.05, 0) is 60.2 Å². The number of ether oxygens (including phenoxy) is 1. The summed E-state index contributed by atoms with van der Waals surface area (Å²) in [7, 11) is -2.11. The van der Waals surface area contributed by atoms with E-state index in [0.29, 0.717) is 17.3 Å². The molecule has 4 aromatic rings. The number of benzene rings is 3. The second-order valence-electron chi connectivity index (χ2n) is 6.75. The van der Waals surface area contributed by atoms with Crippen molar-refractivity contribution >= 4 is 44.6 Å². The van der Waals surface area contributed by atoms with Crippen molar-refractivity contribution in [1.29, 1.82) is 0 Å². The lowest BCUT2D eigenvalue weighted by atomic mass is 10.2. The lowest BCUT2D eigenvalue weighted by Crippen LogP contribution is -2.11. The zero-order valence-electron chi connectivity index (χ0n) is 16.7. The normalized spacial score (nSPS) is 11.7. The van der Waals surface area contributed by atoms with E-state index in [-0.39, 0.29) is 4.90 Å². The first-order valence-corrected chi connectivity index (χ1v) is 11.0. The second-order valence-corrected chi connectivity index (χ2v) is 8.31. The van der Waals surface area contributed by atoms with Crippen LogP contribution in [0.3, 0.4) is 0 Å². The van der Waals surface area contributed by atoms with Crippen molar-refractivity contribution in [3.05, 3.63) is 84.2 Å². The standard InChI is InChI=1S/C23H20N4O3S/c1-30-18-11-6-16(7-12-18)8-15-22-26-21-5-3-2-4-20(21)23(27-22)25-17-9-13-19(14-10-17)31(24,28)29/h2-15H,1H3,(H2,24,28,29)(H,25,26,27)/b15-8+. The number of anilines is 2. The first-order valence-electron chi connectivity index (χ1n) is 9.41. The maximum absolute atomic E-state index is 11.5. The highest BCUT2D eigenvalue weighted by atomic mass is 32.2. The number of rotatable bonds is 6. The van der Waals surface area contributed by atoms with Crippen molar-refractivity contribution in [3.63, 3.8) is 0 Å². The molecule has 1 aromatic heterocycles. The average Bonchev–Trinajstić information content (AvgIpc) is 2.78. The summed E-state index contributed by atoms with van der Waals surface area (Å²) < 4.78 is 28.1. The number of nitrogens with one attached hydrogen (secondary N) is 1. The smallest absolute Gasteiger partial charge is 0.238 e. The van der Waals surface area contributed by atoms with Crippen LogP contribution < -0.4 is 15.2 Å². The topological polar surface area (TPSA) is 107 Å². The Morgan fingerprint density at radius 2 is 1.61 bits per heavy atom. The molecule has 0 saturated heterocycles. The van der Waals surface area contributed by atoms with Gasteiger partial charge >= 0.3 is 0 Å². The number of fused-ring (bicyclic) bond motifs is 1. The highest BCUT2D eigenvalue weighted by Gasteiger charge is 2.09. The molecule has 0 aliphatic carbocycles. The summed E-state index contributed by atoms with van der Waals surface area (Å²) >= 11 is 0. The summed E-state index contributed by atoms with van der Waals surface area (Å²) in [4.78, 5) is 9.30. The molecule has 0 amide bonds. The summed E-state index contributed by atoms with van der Waals surface area (Å²) in [5, 5.41) is 9.26. The predicted molar refractivity (Wildman–Crippen MR) is 123 cm³/mol. The molecule has 0 fully saturated rings. The minimum atomic E-state index is -3.74. The van der Waals surface area contributed by atoms with Gasteiger partial charge in [0.15, 0.2) is 5.82 Å². The first kappa shape index (κ1) is 20.5. The Hall–Kier alpha value is -3.75. The number of para-hydroxylation sites is 1. The van der Waals surface area contributed by atoms with E-state index in [1.54, 1.807) is 19.2 Å². The molecule has 0 bridgehead atoms. The first-order chi connectivity index (χ1) is 14.9. The summed E-state index contributed by atoms with van der Waals surface area (Å²) in [6.45, 7) is 0. The quantitative estimate of drug-likeness (QED) is 0.473. The number of primary sulfonamides is 1. The summed E-state index contributed by atoms with van der Waals surface area (Å²) in [6.07, 6.45) is 3.76. The Kier molecular flexibility index (Phi) is 5.66. The SMILES string of the molecule is COc1ccc(/C=C/c2nc(Nc3ccc(S(N)(=O)=O)cc3)c3ccccc3n2)cc1. The lowest BCUT2D eigenvalue weighted by molar-refractivity contribution is 0.415. The number of methoxy groups -OCH3 is 1. The van der Waals surface area contributed by atoms with E-state index in [9.17, 15) is 8.42 Å². The van der Waals surface area contributed by atoms with E-state index in [0.717, 1.165) is 22.2 Å². The number of hydrogen-bond donors (Lipinski definition) is 2. The molecule has 0 atom stereocenters. The Labute approximate surface area is 180 Å². The van der Waals surface area contributed by atoms with Crippen LogP contribution in [0.2, 0.25) is 0 Å². The molecule has 0 saturated carbocycles. The summed E-state index contributed by atoms with van der Waals surface area (Å²) in [6, 6.07) is 21.5. The lowest BCUT2D eigenvalue weighted by Gasteiger charge is -2.10. The van der Waals surface area contributed by atoms with Gasteiger partial charge in [-0.3, -0.25) is 0 Å². The molecule has 3 aromatic carbocycles. The van der Waals surface area contributed by atoms with E-state index < -0.39 is 10.0 Å². The number of nitrogens with zero attached hydrogens (tertiary/aromatic N) is 2. The van der Waals surface area contributed by atoms with Crippen LogP contribution in [-0.4, -0.2) is 25.5 Å².